The van der Waals surface area contributed by atoms with Gasteiger partial charge in [-0.25, -0.2) is 0 Å². The zero-order valence-corrected chi connectivity index (χ0v) is 7.07. The van der Waals surface area contributed by atoms with E-state index in [4.69, 9.17) is 0 Å². The number of H-pyrrole nitrogens is 1. The molecule has 0 saturated carbocycles. The number of rotatable bonds is 1. The van der Waals surface area contributed by atoms with E-state index >= 15 is 0 Å². The van der Waals surface area contributed by atoms with Gasteiger partial charge in [0.15, 0.2) is 0 Å². The molecule has 0 bridgehead atoms. The first-order chi connectivity index (χ1) is 5.27. The van der Waals surface area contributed by atoms with E-state index in [0.29, 0.717) is 5.92 Å². The minimum Gasteiger partial charge on any atom is -0.361 e. The van der Waals surface area contributed by atoms with Crippen LogP contribution in [0.2, 0.25) is 0 Å². The lowest BCUT2D eigenvalue weighted by molar-refractivity contribution is 0.739. The van der Waals surface area contributed by atoms with Crippen molar-refractivity contribution in [3.8, 4) is 0 Å². The van der Waals surface area contributed by atoms with E-state index in [1.165, 1.54) is 17.0 Å². The van der Waals surface area contributed by atoms with E-state index in [-0.39, 0.29) is 0 Å². The predicted molar refractivity (Wildman–Crippen MR) is 45.4 cm³/mol. The fourth-order valence-electron chi connectivity index (χ4n) is 1.51. The first kappa shape index (κ1) is 6.92. The van der Waals surface area contributed by atoms with Crippen LogP contribution >= 0.6 is 0 Å². The highest BCUT2D eigenvalue weighted by atomic mass is 14.9. The molecular weight excluding hydrogens is 136 g/mol. The molecule has 0 spiro atoms. The molecule has 0 aromatic carbocycles. The van der Waals surface area contributed by atoms with Crippen molar-refractivity contribution < 1.29 is 0 Å². The molecule has 2 heterocycles. The zero-order valence-electron chi connectivity index (χ0n) is 7.07. The molecule has 0 radical (unpaired) electrons. The Morgan fingerprint density at radius 3 is 2.82 bits per heavy atom. The maximum atomic E-state index is 3.43. The largest absolute Gasteiger partial charge is 0.361 e. The van der Waals surface area contributed by atoms with Crippen molar-refractivity contribution in [3.63, 3.8) is 0 Å². The summed E-state index contributed by atoms with van der Waals surface area (Å²) in [6.07, 6.45) is 0. The number of fused-ring (bicyclic) bond motifs is 1. The summed E-state index contributed by atoms with van der Waals surface area (Å²) in [7, 11) is 0. The molecule has 0 unspecified atom stereocenters. The van der Waals surface area contributed by atoms with Gasteiger partial charge in [-0.1, -0.05) is 13.8 Å². The van der Waals surface area contributed by atoms with E-state index in [9.17, 15) is 0 Å². The van der Waals surface area contributed by atoms with Crippen LogP contribution in [-0.4, -0.2) is 4.98 Å². The van der Waals surface area contributed by atoms with E-state index in [2.05, 4.69) is 30.2 Å². The van der Waals surface area contributed by atoms with Crippen molar-refractivity contribution >= 4 is 0 Å². The highest BCUT2D eigenvalue weighted by Gasteiger charge is 2.14. The molecule has 1 aliphatic rings. The molecule has 1 aliphatic heterocycles. The van der Waals surface area contributed by atoms with Crippen LogP contribution in [0.25, 0.3) is 0 Å². The van der Waals surface area contributed by atoms with Gasteiger partial charge >= 0.3 is 0 Å². The van der Waals surface area contributed by atoms with Gasteiger partial charge in [-0.2, -0.15) is 0 Å². The van der Waals surface area contributed by atoms with Gasteiger partial charge in [0.2, 0.25) is 0 Å². The van der Waals surface area contributed by atoms with Gasteiger partial charge in [-0.05, 0) is 17.5 Å². The van der Waals surface area contributed by atoms with Gasteiger partial charge in [-0.15, -0.1) is 0 Å². The summed E-state index contributed by atoms with van der Waals surface area (Å²) < 4.78 is 0. The average Bonchev–Trinajstić information content (AvgIpc) is 2.40. The first-order valence-electron chi connectivity index (χ1n) is 4.18. The van der Waals surface area contributed by atoms with Crippen molar-refractivity contribution in [3.05, 3.63) is 23.0 Å². The van der Waals surface area contributed by atoms with Crippen molar-refractivity contribution in [1.82, 2.24) is 10.3 Å². The van der Waals surface area contributed by atoms with Gasteiger partial charge in [0.1, 0.15) is 0 Å². The Kier molecular flexibility index (Phi) is 1.50. The fourth-order valence-corrected chi connectivity index (χ4v) is 1.51. The number of hydrogen-bond donors (Lipinski definition) is 2. The summed E-state index contributed by atoms with van der Waals surface area (Å²) in [5, 5.41) is 3.30. The summed E-state index contributed by atoms with van der Waals surface area (Å²) >= 11 is 0. The van der Waals surface area contributed by atoms with E-state index in [1.54, 1.807) is 0 Å². The van der Waals surface area contributed by atoms with Gasteiger partial charge < -0.3 is 10.3 Å². The summed E-state index contributed by atoms with van der Waals surface area (Å²) in [5.41, 5.74) is 4.21. The lowest BCUT2D eigenvalue weighted by Gasteiger charge is -2.00. The smallest absolute Gasteiger partial charge is 0.0363 e. The summed E-state index contributed by atoms with van der Waals surface area (Å²) in [5.74, 6) is 0.626. The van der Waals surface area contributed by atoms with E-state index in [0.717, 1.165) is 13.1 Å². The van der Waals surface area contributed by atoms with Crippen molar-refractivity contribution in [2.75, 3.05) is 0 Å². The van der Waals surface area contributed by atoms with Crippen LogP contribution in [0.3, 0.4) is 0 Å². The molecule has 0 atom stereocenters. The minimum absolute atomic E-state index is 0.626. The molecular formula is C9H14N2. The number of hydrogen-bond acceptors (Lipinski definition) is 1. The molecule has 2 rings (SSSR count). The molecule has 2 N–H and O–H groups in total. The van der Waals surface area contributed by atoms with Crippen molar-refractivity contribution in [1.29, 1.82) is 0 Å². The van der Waals surface area contributed by atoms with Gasteiger partial charge in [0.25, 0.3) is 0 Å². The summed E-state index contributed by atoms with van der Waals surface area (Å²) in [4.78, 5) is 3.43. The monoisotopic (exact) mass is 150 g/mol. The second-order valence-electron chi connectivity index (χ2n) is 3.49. The molecule has 2 nitrogen and oxygen atoms in total. The van der Waals surface area contributed by atoms with Gasteiger partial charge in [-0.3, -0.25) is 0 Å². The lowest BCUT2D eigenvalue weighted by Crippen LogP contribution is -2.02. The van der Waals surface area contributed by atoms with Crippen LogP contribution in [0.1, 0.15) is 36.7 Å². The Hall–Kier alpha value is -0.760. The number of aromatic nitrogens is 1. The van der Waals surface area contributed by atoms with Crippen molar-refractivity contribution in [2.24, 2.45) is 0 Å². The fraction of sp³-hybridized carbons (Fsp3) is 0.556. The predicted octanol–water partition coefficient (Wildman–Crippen LogP) is 1.74. The number of nitrogens with one attached hydrogen (secondary N) is 2. The SMILES string of the molecule is CC(C)c1cc2c([nH]1)CNC2. The Morgan fingerprint density at radius 2 is 2.18 bits per heavy atom. The zero-order chi connectivity index (χ0) is 7.84. The molecule has 2 heteroatoms. The Bertz CT molecular complexity index is 239. The highest BCUT2D eigenvalue weighted by molar-refractivity contribution is 5.30. The Balaban J connectivity index is 2.34. The lowest BCUT2D eigenvalue weighted by atomic mass is 10.1. The van der Waals surface area contributed by atoms with Crippen LogP contribution < -0.4 is 5.32 Å². The third-order valence-corrected chi connectivity index (χ3v) is 2.25. The van der Waals surface area contributed by atoms with Crippen LogP contribution in [0, 0.1) is 0 Å². The molecule has 60 valence electrons. The molecule has 11 heavy (non-hydrogen) atoms. The molecule has 0 fully saturated rings. The van der Waals surface area contributed by atoms with Crippen LogP contribution in [0.4, 0.5) is 0 Å². The van der Waals surface area contributed by atoms with Gasteiger partial charge in [0, 0.05) is 24.5 Å². The highest BCUT2D eigenvalue weighted by Crippen LogP contribution is 2.21. The molecule has 0 amide bonds. The second kappa shape index (κ2) is 2.38. The third-order valence-electron chi connectivity index (χ3n) is 2.25. The summed E-state index contributed by atoms with van der Waals surface area (Å²) in [6.45, 7) is 6.49. The Morgan fingerprint density at radius 1 is 1.36 bits per heavy atom. The molecule has 0 saturated heterocycles. The maximum absolute atomic E-state index is 3.43. The minimum atomic E-state index is 0.626. The van der Waals surface area contributed by atoms with E-state index < -0.39 is 0 Å². The van der Waals surface area contributed by atoms with Crippen LogP contribution in [0.15, 0.2) is 6.07 Å². The molecule has 1 aromatic heterocycles. The normalized spacial score (nSPS) is 15.9. The van der Waals surface area contributed by atoms with E-state index in [1.807, 2.05) is 0 Å². The molecule has 1 aromatic rings. The summed E-state index contributed by atoms with van der Waals surface area (Å²) in [6, 6.07) is 2.28. The topological polar surface area (TPSA) is 27.8 Å². The third kappa shape index (κ3) is 1.07. The molecule has 0 aliphatic carbocycles. The maximum Gasteiger partial charge on any atom is 0.0363 e. The average molecular weight is 150 g/mol. The Labute approximate surface area is 67.0 Å². The van der Waals surface area contributed by atoms with Gasteiger partial charge in [0.05, 0.1) is 0 Å². The second-order valence-corrected chi connectivity index (χ2v) is 3.49. The first-order valence-corrected chi connectivity index (χ1v) is 4.18. The number of aromatic amines is 1. The van der Waals surface area contributed by atoms with Crippen LogP contribution in [0.5, 0.6) is 0 Å². The van der Waals surface area contributed by atoms with Crippen molar-refractivity contribution in [2.45, 2.75) is 32.9 Å². The standard InChI is InChI=1S/C9H14N2/c1-6(2)8-3-7-4-10-5-9(7)11-8/h3,6,10-11H,4-5H2,1-2H3. The quantitative estimate of drug-likeness (QED) is 0.627. The van der Waals surface area contributed by atoms with Crippen LogP contribution in [-0.2, 0) is 13.1 Å².